The van der Waals surface area contributed by atoms with Crippen LogP contribution >= 0.6 is 11.3 Å². The number of pyridine rings is 1. The molecule has 0 saturated carbocycles. The molecule has 0 aliphatic heterocycles. The lowest BCUT2D eigenvalue weighted by Crippen LogP contribution is -2.14. The van der Waals surface area contributed by atoms with Gasteiger partial charge in [-0.15, -0.1) is 0 Å². The molecule has 5 aromatic rings. The number of nitrogens with one attached hydrogen (secondary N) is 1. The number of rotatable bonds is 6. The van der Waals surface area contributed by atoms with Crippen molar-refractivity contribution in [1.82, 2.24) is 14.5 Å². The monoisotopic (exact) mass is 460 g/mol. The number of fused-ring (bicyclic) bond motifs is 2. The lowest BCUT2D eigenvalue weighted by Gasteiger charge is -2.12. The normalized spacial score (nSPS) is 11.0. The number of carbonyl (C=O) groups excluding carboxylic acids is 1. The fourth-order valence-electron chi connectivity index (χ4n) is 3.54. The number of carbonyl (C=O) groups is 1. The molecule has 3 heterocycles. The molecule has 1 amide bonds. The molecule has 3 aromatic heterocycles. The highest BCUT2D eigenvalue weighted by atomic mass is 32.1. The average Bonchev–Trinajstić information content (AvgIpc) is 3.43. The van der Waals surface area contributed by atoms with Crippen LogP contribution in [0.4, 0.5) is 5.13 Å². The molecule has 0 unspecified atom stereocenters. The summed E-state index contributed by atoms with van der Waals surface area (Å²) in [5.41, 5.74) is 2.07. The summed E-state index contributed by atoms with van der Waals surface area (Å²) in [4.78, 5) is 21.4. The number of hydrogen-bond donors (Lipinski definition) is 1. The van der Waals surface area contributed by atoms with E-state index in [1.165, 1.54) is 11.3 Å². The zero-order chi connectivity index (χ0) is 22.9. The Kier molecular flexibility index (Phi) is 5.31. The number of nitrogens with zero attached hydrogens (tertiary/aromatic N) is 3. The molecular formula is C24H20N4O4S. The van der Waals surface area contributed by atoms with Gasteiger partial charge in [-0.25, -0.2) is 4.98 Å². The second-order valence-corrected chi connectivity index (χ2v) is 8.27. The number of hydrogen-bond acceptors (Lipinski definition) is 7. The predicted octanol–water partition coefficient (Wildman–Crippen LogP) is 5.24. The van der Waals surface area contributed by atoms with Gasteiger partial charge in [0.2, 0.25) is 0 Å². The SMILES string of the molecule is COc1cc2nccc(Oc3ccc4nc(NC(=O)c5cccn5C)sc4c3)c2cc1OC. The largest absolute Gasteiger partial charge is 0.493 e. The summed E-state index contributed by atoms with van der Waals surface area (Å²) in [6.07, 6.45) is 3.51. The van der Waals surface area contributed by atoms with Crippen LogP contribution in [0.1, 0.15) is 10.5 Å². The second kappa shape index (κ2) is 8.44. The van der Waals surface area contributed by atoms with Gasteiger partial charge in [-0.2, -0.15) is 0 Å². The zero-order valence-electron chi connectivity index (χ0n) is 18.2. The first-order valence-electron chi connectivity index (χ1n) is 10.1. The Balaban J connectivity index is 1.43. The van der Waals surface area contributed by atoms with E-state index in [0.29, 0.717) is 33.8 Å². The average molecular weight is 461 g/mol. The summed E-state index contributed by atoms with van der Waals surface area (Å²) in [6, 6.07) is 14.7. The van der Waals surface area contributed by atoms with Crippen molar-refractivity contribution in [3.05, 3.63) is 66.6 Å². The Morgan fingerprint density at radius 1 is 1.00 bits per heavy atom. The van der Waals surface area contributed by atoms with Gasteiger partial charge < -0.3 is 18.8 Å². The van der Waals surface area contributed by atoms with Gasteiger partial charge in [-0.1, -0.05) is 11.3 Å². The second-order valence-electron chi connectivity index (χ2n) is 7.24. The highest BCUT2D eigenvalue weighted by Crippen LogP contribution is 2.38. The maximum absolute atomic E-state index is 12.5. The standard InChI is InChI=1S/C24H20N4O4S/c1-28-10-4-5-18(28)23(29)27-24-26-16-7-6-14(11-22(16)33-24)32-19-8-9-25-17-13-21(31-3)20(30-2)12-15(17)19/h4-13H,1-3H3,(H,26,27,29). The Labute approximate surface area is 193 Å². The molecule has 33 heavy (non-hydrogen) atoms. The van der Waals surface area contributed by atoms with Gasteiger partial charge in [0.05, 0.1) is 30.0 Å². The fraction of sp³-hybridized carbons (Fsp3) is 0.125. The minimum Gasteiger partial charge on any atom is -0.493 e. The molecule has 8 nitrogen and oxygen atoms in total. The molecule has 0 spiro atoms. The first-order valence-corrected chi connectivity index (χ1v) is 10.9. The van der Waals surface area contributed by atoms with Gasteiger partial charge in [0.25, 0.3) is 5.91 Å². The van der Waals surface area contributed by atoms with E-state index < -0.39 is 0 Å². The van der Waals surface area contributed by atoms with E-state index in [4.69, 9.17) is 14.2 Å². The van der Waals surface area contributed by atoms with Crippen LogP contribution in [-0.4, -0.2) is 34.7 Å². The van der Waals surface area contributed by atoms with E-state index in [-0.39, 0.29) is 5.91 Å². The van der Waals surface area contributed by atoms with Crippen molar-refractivity contribution in [2.45, 2.75) is 0 Å². The van der Waals surface area contributed by atoms with Crippen LogP contribution in [0.25, 0.3) is 21.1 Å². The van der Waals surface area contributed by atoms with Crippen molar-refractivity contribution in [3.63, 3.8) is 0 Å². The van der Waals surface area contributed by atoms with Crippen LogP contribution in [0.3, 0.4) is 0 Å². The molecule has 0 aliphatic rings. The van der Waals surface area contributed by atoms with Crippen LogP contribution in [0.15, 0.2) is 60.9 Å². The lowest BCUT2D eigenvalue weighted by molar-refractivity contribution is 0.101. The molecule has 0 aliphatic carbocycles. The van der Waals surface area contributed by atoms with Crippen molar-refractivity contribution in [1.29, 1.82) is 0 Å². The molecular weight excluding hydrogens is 440 g/mol. The highest BCUT2D eigenvalue weighted by molar-refractivity contribution is 7.22. The van der Waals surface area contributed by atoms with Gasteiger partial charge in [0.15, 0.2) is 16.6 Å². The molecule has 0 saturated heterocycles. The summed E-state index contributed by atoms with van der Waals surface area (Å²) in [7, 11) is 5.00. The fourth-order valence-corrected chi connectivity index (χ4v) is 4.43. The molecule has 2 aromatic carbocycles. The number of benzene rings is 2. The third-order valence-electron chi connectivity index (χ3n) is 5.19. The molecule has 0 fully saturated rings. The maximum Gasteiger partial charge on any atom is 0.274 e. The van der Waals surface area contributed by atoms with E-state index in [2.05, 4.69) is 15.3 Å². The zero-order valence-corrected chi connectivity index (χ0v) is 19.0. The Hall–Kier alpha value is -4.11. The number of methoxy groups -OCH3 is 2. The van der Waals surface area contributed by atoms with Crippen molar-refractivity contribution in [2.24, 2.45) is 7.05 Å². The molecule has 0 atom stereocenters. The topological polar surface area (TPSA) is 87.5 Å². The maximum atomic E-state index is 12.5. The van der Waals surface area contributed by atoms with Gasteiger partial charge in [-0.05, 0) is 36.4 Å². The minimum absolute atomic E-state index is 0.203. The van der Waals surface area contributed by atoms with E-state index in [1.54, 1.807) is 37.1 Å². The Morgan fingerprint density at radius 2 is 1.82 bits per heavy atom. The first kappa shape index (κ1) is 20.8. The number of ether oxygens (including phenoxy) is 3. The first-order chi connectivity index (χ1) is 16.1. The van der Waals surface area contributed by atoms with E-state index in [1.807, 2.05) is 49.6 Å². The summed E-state index contributed by atoms with van der Waals surface area (Å²) in [5.74, 6) is 2.28. The van der Waals surface area contributed by atoms with Crippen molar-refractivity contribution in [3.8, 4) is 23.0 Å². The van der Waals surface area contributed by atoms with E-state index in [9.17, 15) is 4.79 Å². The van der Waals surface area contributed by atoms with Crippen LogP contribution < -0.4 is 19.5 Å². The van der Waals surface area contributed by atoms with Gasteiger partial charge in [-0.3, -0.25) is 15.1 Å². The van der Waals surface area contributed by atoms with Crippen LogP contribution in [0.2, 0.25) is 0 Å². The predicted molar refractivity (Wildman–Crippen MR) is 128 cm³/mol. The van der Waals surface area contributed by atoms with E-state index in [0.717, 1.165) is 21.1 Å². The van der Waals surface area contributed by atoms with Gasteiger partial charge >= 0.3 is 0 Å². The molecule has 0 bridgehead atoms. The number of amides is 1. The summed E-state index contributed by atoms with van der Waals surface area (Å²) in [6.45, 7) is 0. The van der Waals surface area contributed by atoms with Gasteiger partial charge in [0.1, 0.15) is 17.2 Å². The summed E-state index contributed by atoms with van der Waals surface area (Å²) in [5, 5.41) is 4.19. The van der Waals surface area contributed by atoms with Crippen LogP contribution in [0, 0.1) is 0 Å². The third-order valence-corrected chi connectivity index (χ3v) is 6.13. The smallest absolute Gasteiger partial charge is 0.274 e. The van der Waals surface area contributed by atoms with Crippen molar-refractivity contribution in [2.75, 3.05) is 19.5 Å². The number of aryl methyl sites for hydroxylation is 1. The molecule has 9 heteroatoms. The van der Waals surface area contributed by atoms with Crippen molar-refractivity contribution >= 4 is 43.5 Å². The highest BCUT2D eigenvalue weighted by Gasteiger charge is 2.14. The third kappa shape index (κ3) is 3.94. The summed E-state index contributed by atoms with van der Waals surface area (Å²) < 4.78 is 19.6. The Morgan fingerprint density at radius 3 is 2.58 bits per heavy atom. The molecule has 1 N–H and O–H groups in total. The number of aromatic nitrogens is 3. The lowest BCUT2D eigenvalue weighted by atomic mass is 10.2. The molecule has 166 valence electrons. The van der Waals surface area contributed by atoms with Crippen LogP contribution in [0.5, 0.6) is 23.0 Å². The summed E-state index contributed by atoms with van der Waals surface area (Å²) >= 11 is 1.39. The number of thiazole rings is 1. The van der Waals surface area contributed by atoms with Crippen molar-refractivity contribution < 1.29 is 19.0 Å². The number of anilines is 1. The quantitative estimate of drug-likeness (QED) is 0.373. The Bertz CT molecular complexity index is 1490. The van der Waals surface area contributed by atoms with Gasteiger partial charge in [0, 0.05) is 37.0 Å². The van der Waals surface area contributed by atoms with E-state index >= 15 is 0 Å². The molecule has 0 radical (unpaired) electrons. The molecule has 5 rings (SSSR count). The van der Waals surface area contributed by atoms with Crippen LogP contribution in [-0.2, 0) is 7.05 Å². The minimum atomic E-state index is -0.203.